The Hall–Kier alpha value is -2.97. The molecule has 0 radical (unpaired) electrons. The second kappa shape index (κ2) is 8.59. The first kappa shape index (κ1) is 20.8. The lowest BCUT2D eigenvalue weighted by Crippen LogP contribution is -2.48. The van der Waals surface area contributed by atoms with E-state index >= 15 is 0 Å². The van der Waals surface area contributed by atoms with E-state index in [4.69, 9.17) is 0 Å². The number of hydrogen-bond acceptors (Lipinski definition) is 5. The number of amides is 3. The van der Waals surface area contributed by atoms with Crippen LogP contribution in [0.3, 0.4) is 0 Å². The number of aromatic nitrogens is 3. The molecule has 0 aliphatic carbocycles. The highest BCUT2D eigenvalue weighted by Crippen LogP contribution is 2.18. The molecule has 1 atom stereocenters. The molecule has 3 amide bonds. The summed E-state index contributed by atoms with van der Waals surface area (Å²) in [6.45, 7) is 6.26. The zero-order valence-corrected chi connectivity index (χ0v) is 17.4. The fourth-order valence-electron chi connectivity index (χ4n) is 3.91. The third-order valence-corrected chi connectivity index (χ3v) is 5.45. The molecule has 1 unspecified atom stereocenters. The van der Waals surface area contributed by atoms with Crippen molar-refractivity contribution in [3.63, 3.8) is 0 Å². The van der Waals surface area contributed by atoms with Gasteiger partial charge in [-0.25, -0.2) is 9.50 Å². The highest BCUT2D eigenvalue weighted by molar-refractivity contribution is 5.90. The van der Waals surface area contributed by atoms with Gasteiger partial charge in [0.25, 0.3) is 0 Å². The van der Waals surface area contributed by atoms with Crippen molar-refractivity contribution in [2.24, 2.45) is 0 Å². The van der Waals surface area contributed by atoms with Crippen LogP contribution in [0.15, 0.2) is 6.07 Å². The predicted molar refractivity (Wildman–Crippen MR) is 107 cm³/mol. The van der Waals surface area contributed by atoms with Crippen LogP contribution in [0.4, 0.5) is 0 Å². The summed E-state index contributed by atoms with van der Waals surface area (Å²) in [4.78, 5) is 42.7. The number of nitrogens with one attached hydrogen (secondary N) is 2. The Morgan fingerprint density at radius 3 is 2.72 bits per heavy atom. The van der Waals surface area contributed by atoms with Crippen molar-refractivity contribution in [3.05, 3.63) is 28.7 Å². The fraction of sp³-hybridized carbons (Fsp3) is 0.550. The zero-order valence-electron chi connectivity index (χ0n) is 17.4. The quantitative estimate of drug-likeness (QED) is 0.731. The molecule has 156 valence electrons. The molecule has 0 spiro atoms. The number of hydrogen-bond donors (Lipinski definition) is 2. The van der Waals surface area contributed by atoms with Crippen LogP contribution in [0.2, 0.25) is 0 Å². The Kier molecular flexibility index (Phi) is 6.14. The molecule has 1 aliphatic rings. The molecule has 0 aromatic carbocycles. The lowest BCUT2D eigenvalue weighted by molar-refractivity contribution is -0.138. The molecule has 1 aliphatic heterocycles. The Morgan fingerprint density at radius 1 is 1.24 bits per heavy atom. The van der Waals surface area contributed by atoms with Crippen LogP contribution in [0.1, 0.15) is 41.9 Å². The van der Waals surface area contributed by atoms with Crippen LogP contribution in [-0.2, 0) is 20.8 Å². The van der Waals surface area contributed by atoms with Gasteiger partial charge in [0.05, 0.1) is 12.2 Å². The first-order valence-corrected chi connectivity index (χ1v) is 9.92. The Bertz CT molecular complexity index is 951. The van der Waals surface area contributed by atoms with Crippen molar-refractivity contribution in [1.29, 1.82) is 0 Å². The second-order valence-electron chi connectivity index (χ2n) is 7.45. The lowest BCUT2D eigenvalue weighted by Gasteiger charge is -2.23. The van der Waals surface area contributed by atoms with E-state index in [-0.39, 0.29) is 30.7 Å². The minimum absolute atomic E-state index is 0.0973. The summed E-state index contributed by atoms with van der Waals surface area (Å²) >= 11 is 0. The van der Waals surface area contributed by atoms with E-state index in [9.17, 15) is 14.4 Å². The predicted octanol–water partition coefficient (Wildman–Crippen LogP) is 0.440. The molecule has 1 fully saturated rings. The van der Waals surface area contributed by atoms with Gasteiger partial charge in [-0.3, -0.25) is 14.4 Å². The number of carbonyl (C=O) groups is 3. The maximum Gasteiger partial charge on any atom is 0.242 e. The van der Waals surface area contributed by atoms with E-state index in [2.05, 4.69) is 20.7 Å². The van der Waals surface area contributed by atoms with E-state index in [1.54, 1.807) is 16.5 Å². The Morgan fingerprint density at radius 2 is 2.00 bits per heavy atom. The summed E-state index contributed by atoms with van der Waals surface area (Å²) in [6.07, 6.45) is 2.21. The van der Waals surface area contributed by atoms with Crippen LogP contribution in [0.5, 0.6) is 0 Å². The van der Waals surface area contributed by atoms with E-state index < -0.39 is 6.04 Å². The normalized spacial score (nSPS) is 16.3. The number of aryl methyl sites for hydroxylation is 3. The molecular weight excluding hydrogens is 372 g/mol. The summed E-state index contributed by atoms with van der Waals surface area (Å²) in [6, 6.07) is 1.48. The number of likely N-dealkylation sites (N-methyl/N-ethyl adjacent to an activating group) is 1. The minimum atomic E-state index is -0.440. The molecule has 3 heterocycles. The van der Waals surface area contributed by atoms with Gasteiger partial charge in [0, 0.05) is 37.5 Å². The largest absolute Gasteiger partial charge is 0.357 e. The monoisotopic (exact) mass is 400 g/mol. The second-order valence-corrected chi connectivity index (χ2v) is 7.45. The van der Waals surface area contributed by atoms with Crippen LogP contribution in [0.25, 0.3) is 5.65 Å². The van der Waals surface area contributed by atoms with Gasteiger partial charge >= 0.3 is 0 Å². The summed E-state index contributed by atoms with van der Waals surface area (Å²) in [5.74, 6) is -0.596. The molecule has 2 N–H and O–H groups in total. The van der Waals surface area contributed by atoms with Crippen molar-refractivity contribution in [2.75, 3.05) is 20.1 Å². The zero-order chi connectivity index (χ0) is 21.1. The fourth-order valence-corrected chi connectivity index (χ4v) is 3.91. The highest BCUT2D eigenvalue weighted by Gasteiger charge is 2.33. The van der Waals surface area contributed by atoms with E-state index in [0.717, 1.165) is 34.7 Å². The first-order valence-electron chi connectivity index (χ1n) is 9.92. The van der Waals surface area contributed by atoms with Gasteiger partial charge in [-0.1, -0.05) is 0 Å². The van der Waals surface area contributed by atoms with Gasteiger partial charge in [0.2, 0.25) is 17.7 Å². The van der Waals surface area contributed by atoms with E-state index in [1.807, 2.05) is 26.8 Å². The van der Waals surface area contributed by atoms with Gasteiger partial charge in [-0.2, -0.15) is 5.10 Å². The van der Waals surface area contributed by atoms with Crippen molar-refractivity contribution < 1.29 is 14.4 Å². The standard InChI is InChI=1S/C20H28N6O3/c1-12-10-17-23-13(2)15(14(3)26(17)24-12)7-8-18(27)22-11-19(28)25-9-5-6-16(25)20(29)21-4/h10,16H,5-9,11H2,1-4H3,(H,21,29)(H,22,27). The molecule has 2 aromatic heterocycles. The summed E-state index contributed by atoms with van der Waals surface area (Å²) in [5.41, 5.74) is 4.53. The molecule has 9 nitrogen and oxygen atoms in total. The Labute approximate surface area is 169 Å². The average Bonchev–Trinajstić information content (AvgIpc) is 3.31. The summed E-state index contributed by atoms with van der Waals surface area (Å²) in [5, 5.41) is 9.71. The van der Waals surface area contributed by atoms with Gasteiger partial charge in [-0.15, -0.1) is 0 Å². The van der Waals surface area contributed by atoms with Crippen LogP contribution in [-0.4, -0.2) is 63.4 Å². The lowest BCUT2D eigenvalue weighted by atomic mass is 10.1. The third-order valence-electron chi connectivity index (χ3n) is 5.45. The number of fused-ring (bicyclic) bond motifs is 1. The smallest absolute Gasteiger partial charge is 0.242 e. The van der Waals surface area contributed by atoms with Gasteiger partial charge < -0.3 is 15.5 Å². The minimum Gasteiger partial charge on any atom is -0.357 e. The number of nitrogens with zero attached hydrogens (tertiary/aromatic N) is 4. The SMILES string of the molecule is CNC(=O)C1CCCN1C(=O)CNC(=O)CCc1c(C)nc2cc(C)nn2c1C. The maximum absolute atomic E-state index is 12.4. The van der Waals surface area contributed by atoms with Crippen molar-refractivity contribution in [3.8, 4) is 0 Å². The average molecular weight is 400 g/mol. The molecule has 9 heteroatoms. The van der Waals surface area contributed by atoms with Crippen LogP contribution < -0.4 is 10.6 Å². The van der Waals surface area contributed by atoms with Crippen LogP contribution >= 0.6 is 0 Å². The number of likely N-dealkylation sites (tertiary alicyclic amines) is 1. The van der Waals surface area contributed by atoms with Crippen molar-refractivity contribution >= 4 is 23.4 Å². The molecule has 0 saturated carbocycles. The maximum atomic E-state index is 12.4. The van der Waals surface area contributed by atoms with Gasteiger partial charge in [0.1, 0.15) is 6.04 Å². The van der Waals surface area contributed by atoms with E-state index in [1.165, 1.54) is 0 Å². The first-order chi connectivity index (χ1) is 13.8. The van der Waals surface area contributed by atoms with Crippen molar-refractivity contribution in [1.82, 2.24) is 30.1 Å². The molecule has 29 heavy (non-hydrogen) atoms. The van der Waals surface area contributed by atoms with E-state index in [0.29, 0.717) is 19.4 Å². The molecular formula is C20H28N6O3. The molecule has 1 saturated heterocycles. The summed E-state index contributed by atoms with van der Waals surface area (Å²) < 4.78 is 1.80. The van der Waals surface area contributed by atoms with Crippen molar-refractivity contribution in [2.45, 2.75) is 52.5 Å². The number of rotatable bonds is 6. The molecule has 2 aromatic rings. The topological polar surface area (TPSA) is 109 Å². The molecule has 3 rings (SSSR count). The van der Waals surface area contributed by atoms with Gasteiger partial charge in [0.15, 0.2) is 5.65 Å². The number of carbonyl (C=O) groups excluding carboxylic acids is 3. The molecule has 0 bridgehead atoms. The third kappa shape index (κ3) is 4.38. The highest BCUT2D eigenvalue weighted by atomic mass is 16.2. The van der Waals surface area contributed by atoms with Crippen LogP contribution in [0, 0.1) is 20.8 Å². The van der Waals surface area contributed by atoms with Gasteiger partial charge in [-0.05, 0) is 45.6 Å². The summed E-state index contributed by atoms with van der Waals surface area (Å²) in [7, 11) is 1.56. The Balaban J connectivity index is 1.56.